The van der Waals surface area contributed by atoms with Crippen LogP contribution < -0.4 is 10.7 Å². The monoisotopic (exact) mass is 303 g/mol. The number of rotatable bonds is 1. The van der Waals surface area contributed by atoms with E-state index in [2.05, 4.69) is 10.7 Å². The Labute approximate surface area is 122 Å². The van der Waals surface area contributed by atoms with Crippen LogP contribution in [0.5, 0.6) is 0 Å². The lowest BCUT2D eigenvalue weighted by molar-refractivity contribution is 0.334. The highest BCUT2D eigenvalue weighted by atomic mass is 35.5. The van der Waals surface area contributed by atoms with Crippen molar-refractivity contribution in [1.82, 2.24) is 10.4 Å². The molecule has 1 aromatic rings. The average Bonchev–Trinajstić information content (AvgIpc) is 2.62. The van der Waals surface area contributed by atoms with Crippen LogP contribution in [0.1, 0.15) is 19.3 Å². The maximum Gasteiger partial charge on any atom is 0.187 e. The predicted octanol–water partition coefficient (Wildman–Crippen LogP) is 3.68. The van der Waals surface area contributed by atoms with Gasteiger partial charge in [-0.1, -0.05) is 29.6 Å². The first-order valence-electron chi connectivity index (χ1n) is 5.94. The molecule has 0 aromatic heterocycles. The van der Waals surface area contributed by atoms with Crippen molar-refractivity contribution in [3.8, 4) is 0 Å². The van der Waals surface area contributed by atoms with E-state index in [0.717, 1.165) is 25.2 Å². The predicted molar refractivity (Wildman–Crippen MR) is 81.2 cm³/mol. The molecule has 1 aliphatic heterocycles. The van der Waals surface area contributed by atoms with Gasteiger partial charge in [0.1, 0.15) is 0 Å². The lowest BCUT2D eigenvalue weighted by Gasteiger charge is -2.24. The highest BCUT2D eigenvalue weighted by molar-refractivity contribution is 7.80. The number of anilines is 1. The fraction of sp³-hybridized carbons (Fsp3) is 0.417. The van der Waals surface area contributed by atoms with Crippen molar-refractivity contribution in [2.45, 2.75) is 19.3 Å². The second-order valence-corrected chi connectivity index (χ2v) is 5.38. The molecule has 0 amide bonds. The Balaban J connectivity index is 1.99. The molecule has 98 valence electrons. The summed E-state index contributed by atoms with van der Waals surface area (Å²) in [5.74, 6) is 0. The van der Waals surface area contributed by atoms with Gasteiger partial charge in [-0.15, -0.1) is 0 Å². The molecule has 1 saturated heterocycles. The van der Waals surface area contributed by atoms with E-state index in [1.54, 1.807) is 12.1 Å². The Morgan fingerprint density at radius 2 is 2.06 bits per heavy atom. The maximum atomic E-state index is 5.96. The summed E-state index contributed by atoms with van der Waals surface area (Å²) in [4.78, 5) is 0. The lowest BCUT2D eigenvalue weighted by Crippen LogP contribution is -2.44. The van der Waals surface area contributed by atoms with Gasteiger partial charge in [-0.25, -0.2) is 5.43 Å². The van der Waals surface area contributed by atoms with E-state index in [-0.39, 0.29) is 0 Å². The van der Waals surface area contributed by atoms with Gasteiger partial charge < -0.3 is 5.32 Å². The molecule has 2 rings (SSSR count). The molecule has 3 nitrogen and oxygen atoms in total. The highest BCUT2D eigenvalue weighted by Crippen LogP contribution is 2.25. The van der Waals surface area contributed by atoms with Gasteiger partial charge >= 0.3 is 0 Å². The Morgan fingerprint density at radius 1 is 1.22 bits per heavy atom. The van der Waals surface area contributed by atoms with Crippen molar-refractivity contribution in [3.05, 3.63) is 28.2 Å². The second kappa shape index (κ2) is 6.57. The average molecular weight is 304 g/mol. The molecule has 0 unspecified atom stereocenters. The van der Waals surface area contributed by atoms with E-state index in [1.807, 2.05) is 11.1 Å². The third kappa shape index (κ3) is 3.72. The third-order valence-electron chi connectivity index (χ3n) is 2.78. The van der Waals surface area contributed by atoms with E-state index in [4.69, 9.17) is 35.4 Å². The number of halogens is 2. The first-order chi connectivity index (χ1) is 8.66. The molecule has 0 radical (unpaired) electrons. The standard InChI is InChI=1S/C12H15Cl2N3S/c13-10-5-4-9(8-11(10)14)16-12(18)17-7-3-1-2-6-15-17/h4-5,8,15H,1-3,6-7H2,(H,16,18). The smallest absolute Gasteiger partial charge is 0.187 e. The van der Waals surface area contributed by atoms with Gasteiger partial charge in [-0.2, -0.15) is 0 Å². The van der Waals surface area contributed by atoms with Gasteiger partial charge in [0.25, 0.3) is 0 Å². The molecule has 0 spiro atoms. The summed E-state index contributed by atoms with van der Waals surface area (Å²) in [7, 11) is 0. The van der Waals surface area contributed by atoms with Gasteiger partial charge in [0.15, 0.2) is 5.11 Å². The zero-order chi connectivity index (χ0) is 13.0. The number of thiocarbonyl (C=S) groups is 1. The van der Waals surface area contributed by atoms with Crippen LogP contribution in [0.25, 0.3) is 0 Å². The van der Waals surface area contributed by atoms with Crippen LogP contribution in [0.2, 0.25) is 10.0 Å². The molecule has 18 heavy (non-hydrogen) atoms. The van der Waals surface area contributed by atoms with Gasteiger partial charge in [0.05, 0.1) is 10.0 Å². The minimum Gasteiger partial charge on any atom is -0.331 e. The third-order valence-corrected chi connectivity index (χ3v) is 3.84. The van der Waals surface area contributed by atoms with Crippen LogP contribution >= 0.6 is 35.4 Å². The highest BCUT2D eigenvalue weighted by Gasteiger charge is 2.12. The van der Waals surface area contributed by atoms with Crippen molar-refractivity contribution in [3.63, 3.8) is 0 Å². The zero-order valence-electron chi connectivity index (χ0n) is 9.88. The number of nitrogens with zero attached hydrogens (tertiary/aromatic N) is 1. The van der Waals surface area contributed by atoms with Crippen molar-refractivity contribution in [2.75, 3.05) is 18.4 Å². The van der Waals surface area contributed by atoms with Gasteiger partial charge in [-0.3, -0.25) is 5.01 Å². The van der Waals surface area contributed by atoms with Crippen LogP contribution in [-0.2, 0) is 0 Å². The van der Waals surface area contributed by atoms with Crippen LogP contribution in [0.15, 0.2) is 18.2 Å². The fourth-order valence-corrected chi connectivity index (χ4v) is 2.37. The van der Waals surface area contributed by atoms with E-state index in [1.165, 1.54) is 12.8 Å². The largest absolute Gasteiger partial charge is 0.331 e. The molecule has 2 N–H and O–H groups in total. The topological polar surface area (TPSA) is 27.3 Å². The summed E-state index contributed by atoms with van der Waals surface area (Å²) < 4.78 is 0. The van der Waals surface area contributed by atoms with Gasteiger partial charge in [-0.05, 0) is 43.3 Å². The summed E-state index contributed by atoms with van der Waals surface area (Å²) in [6.45, 7) is 1.89. The Bertz CT molecular complexity index is 431. The number of benzene rings is 1. The van der Waals surface area contributed by atoms with Gasteiger partial charge in [0, 0.05) is 18.8 Å². The van der Waals surface area contributed by atoms with E-state index in [9.17, 15) is 0 Å². The molecule has 0 aliphatic carbocycles. The Kier molecular flexibility index (Phi) is 5.06. The molecule has 1 fully saturated rings. The Morgan fingerprint density at radius 3 is 2.83 bits per heavy atom. The number of nitrogens with one attached hydrogen (secondary N) is 2. The number of hydrogen-bond acceptors (Lipinski definition) is 2. The Hall–Kier alpha value is -0.550. The van der Waals surface area contributed by atoms with E-state index >= 15 is 0 Å². The molecular weight excluding hydrogens is 289 g/mol. The van der Waals surface area contributed by atoms with Crippen molar-refractivity contribution < 1.29 is 0 Å². The first kappa shape index (κ1) is 13.9. The number of hydrazine groups is 1. The fourth-order valence-electron chi connectivity index (χ4n) is 1.80. The lowest BCUT2D eigenvalue weighted by atomic mass is 10.2. The minimum atomic E-state index is 0.522. The van der Waals surface area contributed by atoms with Crippen molar-refractivity contribution in [1.29, 1.82) is 0 Å². The summed E-state index contributed by atoms with van der Waals surface area (Å²) >= 11 is 17.2. The van der Waals surface area contributed by atoms with E-state index in [0.29, 0.717) is 15.2 Å². The van der Waals surface area contributed by atoms with Crippen LogP contribution in [-0.4, -0.2) is 23.2 Å². The SMILES string of the molecule is S=C(Nc1ccc(Cl)c(Cl)c1)N1CCCCCN1. The molecular formula is C12H15Cl2N3S. The summed E-state index contributed by atoms with van der Waals surface area (Å²) in [6, 6.07) is 5.39. The normalized spacial score (nSPS) is 16.2. The van der Waals surface area contributed by atoms with Crippen molar-refractivity contribution in [2.24, 2.45) is 0 Å². The second-order valence-electron chi connectivity index (χ2n) is 4.18. The first-order valence-corrected chi connectivity index (χ1v) is 7.10. The molecule has 0 bridgehead atoms. The summed E-state index contributed by atoms with van der Waals surface area (Å²) in [5, 5.41) is 6.86. The minimum absolute atomic E-state index is 0.522. The summed E-state index contributed by atoms with van der Waals surface area (Å²) in [5.41, 5.74) is 4.15. The van der Waals surface area contributed by atoms with Crippen molar-refractivity contribution >= 4 is 46.2 Å². The summed E-state index contributed by atoms with van der Waals surface area (Å²) in [6.07, 6.45) is 3.57. The van der Waals surface area contributed by atoms with E-state index < -0.39 is 0 Å². The quantitative estimate of drug-likeness (QED) is 0.774. The molecule has 1 aromatic carbocycles. The maximum absolute atomic E-state index is 5.96. The number of hydrogen-bond donors (Lipinski definition) is 2. The molecule has 1 aliphatic rings. The van der Waals surface area contributed by atoms with Crippen LogP contribution in [0, 0.1) is 0 Å². The zero-order valence-corrected chi connectivity index (χ0v) is 12.2. The van der Waals surface area contributed by atoms with Crippen LogP contribution in [0.3, 0.4) is 0 Å². The molecule has 0 saturated carbocycles. The van der Waals surface area contributed by atoms with Gasteiger partial charge in [0.2, 0.25) is 0 Å². The molecule has 0 atom stereocenters. The van der Waals surface area contributed by atoms with Crippen LogP contribution in [0.4, 0.5) is 5.69 Å². The molecule has 6 heteroatoms. The molecule has 1 heterocycles.